The first-order valence-electron chi connectivity index (χ1n) is 10.2. The molecule has 0 unspecified atom stereocenters. The van der Waals surface area contributed by atoms with E-state index in [-0.39, 0.29) is 18.8 Å². The average Bonchev–Trinajstić information content (AvgIpc) is 3.22. The third-order valence-corrected chi connectivity index (χ3v) is 4.22. The maximum absolute atomic E-state index is 12.2. The number of carbonyl (C=O) groups excluding carboxylic acids is 2. The summed E-state index contributed by atoms with van der Waals surface area (Å²) >= 11 is 0. The minimum atomic E-state index is -0.785. The van der Waals surface area contributed by atoms with Gasteiger partial charge in [0.25, 0.3) is 0 Å². The number of nitrogens with one attached hydrogen (secondary N) is 1. The van der Waals surface area contributed by atoms with E-state index in [2.05, 4.69) is 15.4 Å². The van der Waals surface area contributed by atoms with Gasteiger partial charge in [-0.25, -0.2) is 19.2 Å². The van der Waals surface area contributed by atoms with E-state index in [9.17, 15) is 9.59 Å². The number of aromatic nitrogens is 2. The van der Waals surface area contributed by atoms with Gasteiger partial charge in [0, 0.05) is 11.8 Å². The van der Waals surface area contributed by atoms with E-state index in [0.717, 1.165) is 11.1 Å². The van der Waals surface area contributed by atoms with Gasteiger partial charge in [-0.3, -0.25) is 0 Å². The molecule has 1 heterocycles. The second-order valence-electron chi connectivity index (χ2n) is 6.46. The van der Waals surface area contributed by atoms with Gasteiger partial charge in [0.15, 0.2) is 5.57 Å². The Morgan fingerprint density at radius 2 is 1.56 bits per heavy atom. The van der Waals surface area contributed by atoms with Gasteiger partial charge >= 0.3 is 11.9 Å². The van der Waals surface area contributed by atoms with Crippen LogP contribution >= 0.6 is 0 Å². The van der Waals surface area contributed by atoms with E-state index >= 15 is 0 Å². The predicted molar refractivity (Wildman–Crippen MR) is 122 cm³/mol. The Balaban J connectivity index is 1.96. The quantitative estimate of drug-likeness (QED) is 0.181. The molecule has 0 fully saturated rings. The molecule has 0 radical (unpaired) electrons. The van der Waals surface area contributed by atoms with Crippen LogP contribution in [-0.2, 0) is 19.1 Å². The highest BCUT2D eigenvalue weighted by molar-refractivity contribution is 6.14. The summed E-state index contributed by atoms with van der Waals surface area (Å²) in [5.41, 5.74) is 2.20. The Kier molecular flexibility index (Phi) is 7.91. The highest BCUT2D eigenvalue weighted by Crippen LogP contribution is 2.21. The van der Waals surface area contributed by atoms with Crippen molar-refractivity contribution in [3.63, 3.8) is 0 Å². The molecule has 0 bridgehead atoms. The van der Waals surface area contributed by atoms with Crippen molar-refractivity contribution < 1.29 is 19.1 Å². The number of benzene rings is 2. The molecule has 164 valence electrons. The van der Waals surface area contributed by atoms with Crippen LogP contribution in [0, 0.1) is 0 Å². The largest absolute Gasteiger partial charge is 0.462 e. The van der Waals surface area contributed by atoms with Crippen molar-refractivity contribution in [3.05, 3.63) is 84.2 Å². The van der Waals surface area contributed by atoms with Gasteiger partial charge in [0.2, 0.25) is 5.95 Å². The van der Waals surface area contributed by atoms with Crippen LogP contribution in [0.1, 0.15) is 19.4 Å². The Bertz CT molecular complexity index is 1090. The Hall–Kier alpha value is -4.20. The van der Waals surface area contributed by atoms with Gasteiger partial charge in [0.1, 0.15) is 0 Å². The molecule has 3 aromatic rings. The van der Waals surface area contributed by atoms with Gasteiger partial charge in [-0.1, -0.05) is 60.7 Å². The highest BCUT2D eigenvalue weighted by Gasteiger charge is 2.21. The lowest BCUT2D eigenvalue weighted by Gasteiger charge is -2.07. The van der Waals surface area contributed by atoms with Crippen LogP contribution in [0.3, 0.4) is 0 Å². The minimum absolute atomic E-state index is 0.129. The average molecular weight is 432 g/mol. The number of carbonyl (C=O) groups is 2. The minimum Gasteiger partial charge on any atom is -0.462 e. The lowest BCUT2D eigenvalue weighted by Crippen LogP contribution is -2.19. The zero-order chi connectivity index (χ0) is 22.8. The molecule has 2 aromatic carbocycles. The number of hydrogen-bond donors (Lipinski definition) is 1. The van der Waals surface area contributed by atoms with E-state index < -0.39 is 11.9 Å². The zero-order valence-electron chi connectivity index (χ0n) is 17.9. The molecular weight excluding hydrogens is 408 g/mol. The number of rotatable bonds is 9. The SMILES string of the molecule is CCOC(=O)C(=CNc1nc(-c2ccccc2)cn1/N=C/c1ccccc1)C(=O)OCC. The molecule has 3 rings (SSSR count). The third-order valence-electron chi connectivity index (χ3n) is 4.22. The topological polar surface area (TPSA) is 94.8 Å². The molecule has 0 atom stereocenters. The maximum atomic E-state index is 12.2. The second-order valence-corrected chi connectivity index (χ2v) is 6.46. The molecule has 8 nitrogen and oxygen atoms in total. The maximum Gasteiger partial charge on any atom is 0.347 e. The smallest absolute Gasteiger partial charge is 0.347 e. The van der Waals surface area contributed by atoms with Crippen LogP contribution in [0.2, 0.25) is 0 Å². The normalized spacial score (nSPS) is 10.6. The van der Waals surface area contributed by atoms with E-state index in [1.54, 1.807) is 26.3 Å². The first-order valence-corrected chi connectivity index (χ1v) is 10.2. The van der Waals surface area contributed by atoms with Gasteiger partial charge in [0.05, 0.1) is 31.3 Å². The van der Waals surface area contributed by atoms with Crippen molar-refractivity contribution in [2.24, 2.45) is 5.10 Å². The molecule has 0 aliphatic heterocycles. The zero-order valence-corrected chi connectivity index (χ0v) is 17.9. The van der Waals surface area contributed by atoms with Crippen molar-refractivity contribution in [3.8, 4) is 11.3 Å². The van der Waals surface area contributed by atoms with Crippen LogP contribution in [0.5, 0.6) is 0 Å². The van der Waals surface area contributed by atoms with Gasteiger partial charge in [-0.05, 0) is 19.4 Å². The summed E-state index contributed by atoms with van der Waals surface area (Å²) in [6.45, 7) is 3.57. The van der Waals surface area contributed by atoms with Crippen molar-refractivity contribution in [1.29, 1.82) is 0 Å². The number of hydrogen-bond acceptors (Lipinski definition) is 7. The molecule has 0 spiro atoms. The molecule has 0 saturated carbocycles. The van der Waals surface area contributed by atoms with Crippen LogP contribution in [-0.4, -0.2) is 41.0 Å². The number of imidazole rings is 1. The van der Waals surface area contributed by atoms with Gasteiger partial charge < -0.3 is 14.8 Å². The van der Waals surface area contributed by atoms with Crippen LogP contribution < -0.4 is 5.32 Å². The van der Waals surface area contributed by atoms with E-state index in [4.69, 9.17) is 9.47 Å². The van der Waals surface area contributed by atoms with Crippen molar-refractivity contribution in [1.82, 2.24) is 9.66 Å². The molecular formula is C24H24N4O4. The fourth-order valence-corrected chi connectivity index (χ4v) is 2.73. The monoisotopic (exact) mass is 432 g/mol. The van der Waals surface area contributed by atoms with Gasteiger partial charge in [-0.15, -0.1) is 0 Å². The molecule has 0 amide bonds. The summed E-state index contributed by atoms with van der Waals surface area (Å²) < 4.78 is 11.5. The molecule has 1 N–H and O–H groups in total. The van der Waals surface area contributed by atoms with Crippen LogP contribution in [0.4, 0.5) is 5.95 Å². The van der Waals surface area contributed by atoms with E-state index in [0.29, 0.717) is 11.6 Å². The van der Waals surface area contributed by atoms with E-state index in [1.165, 1.54) is 10.9 Å². The molecule has 0 aliphatic rings. The fraction of sp³-hybridized carbons (Fsp3) is 0.167. The number of esters is 2. The number of ether oxygens (including phenoxy) is 2. The summed E-state index contributed by atoms with van der Waals surface area (Å²) in [7, 11) is 0. The summed E-state index contributed by atoms with van der Waals surface area (Å²) in [5, 5.41) is 7.36. The second kappa shape index (κ2) is 11.3. The fourth-order valence-electron chi connectivity index (χ4n) is 2.73. The van der Waals surface area contributed by atoms with E-state index in [1.807, 2.05) is 60.7 Å². The third kappa shape index (κ3) is 5.91. The Morgan fingerprint density at radius 3 is 2.16 bits per heavy atom. The summed E-state index contributed by atoms with van der Waals surface area (Å²) in [6.07, 6.45) is 4.66. The first kappa shape index (κ1) is 22.5. The lowest BCUT2D eigenvalue weighted by molar-refractivity contribution is -0.146. The molecule has 0 saturated heterocycles. The first-order chi connectivity index (χ1) is 15.6. The summed E-state index contributed by atoms with van der Waals surface area (Å²) in [5.74, 6) is -1.26. The van der Waals surface area contributed by atoms with Gasteiger partial charge in [-0.2, -0.15) is 5.10 Å². The molecule has 1 aromatic heterocycles. The van der Waals surface area contributed by atoms with Crippen molar-refractivity contribution >= 4 is 24.1 Å². The van der Waals surface area contributed by atoms with Crippen molar-refractivity contribution in [2.45, 2.75) is 13.8 Å². The number of anilines is 1. The standard InChI is InChI=1S/C24H24N4O4/c1-3-31-22(29)20(23(30)32-4-2)16-25-24-27-21(19-13-9-6-10-14-19)17-28(24)26-15-18-11-7-5-8-12-18/h5-17H,3-4H2,1-2H3,(H,25,27)/b26-15+. The predicted octanol–water partition coefficient (Wildman–Crippen LogP) is 3.85. The Morgan fingerprint density at radius 1 is 0.969 bits per heavy atom. The lowest BCUT2D eigenvalue weighted by atomic mass is 10.2. The summed E-state index contributed by atoms with van der Waals surface area (Å²) in [6, 6.07) is 19.2. The van der Waals surface area contributed by atoms with Crippen molar-refractivity contribution in [2.75, 3.05) is 18.5 Å². The van der Waals surface area contributed by atoms with Crippen LogP contribution in [0.25, 0.3) is 11.3 Å². The Labute approximate surface area is 186 Å². The molecule has 8 heteroatoms. The highest BCUT2D eigenvalue weighted by atomic mass is 16.6. The summed E-state index contributed by atoms with van der Waals surface area (Å²) in [4.78, 5) is 29.0. The molecule has 32 heavy (non-hydrogen) atoms. The number of nitrogens with zero attached hydrogens (tertiary/aromatic N) is 3. The van der Waals surface area contributed by atoms with Crippen LogP contribution in [0.15, 0.2) is 83.7 Å². The molecule has 0 aliphatic carbocycles.